The summed E-state index contributed by atoms with van der Waals surface area (Å²) in [6.45, 7) is 10.4. The maximum Gasteiger partial charge on any atom is 0.214 e. The van der Waals surface area contributed by atoms with E-state index < -0.39 is 0 Å². The van der Waals surface area contributed by atoms with Gasteiger partial charge >= 0.3 is 0 Å². The number of ether oxygens (including phenoxy) is 1. The Morgan fingerprint density at radius 1 is 1.19 bits per heavy atom. The standard InChI is InChI=1S/C18H27O2S/c1-5-16(21-12-10-20-11-13-21)17(19)14-6-8-15(9-7-14)18(2,3)4/h6-9,16H,5,10-13H2,1-4H3/q+1. The van der Waals surface area contributed by atoms with E-state index in [0.29, 0.717) is 5.78 Å². The van der Waals surface area contributed by atoms with E-state index in [1.54, 1.807) is 0 Å². The average Bonchev–Trinajstić information content (AvgIpc) is 2.48. The number of hydrogen-bond acceptors (Lipinski definition) is 2. The number of Topliss-reactive ketones (excluding diaryl/α,β-unsaturated/α-hetero) is 1. The Hall–Kier alpha value is -0.800. The summed E-state index contributed by atoms with van der Waals surface area (Å²) in [4.78, 5) is 12.8. The Morgan fingerprint density at radius 2 is 1.76 bits per heavy atom. The highest BCUT2D eigenvalue weighted by molar-refractivity contribution is 7.98. The molecular formula is C18H27O2S+. The van der Waals surface area contributed by atoms with Crippen LogP contribution in [0.15, 0.2) is 24.3 Å². The van der Waals surface area contributed by atoms with Crippen LogP contribution in [0, 0.1) is 0 Å². The third kappa shape index (κ3) is 4.10. The van der Waals surface area contributed by atoms with Gasteiger partial charge in [-0.3, -0.25) is 4.79 Å². The first-order valence-electron chi connectivity index (χ1n) is 7.82. The van der Waals surface area contributed by atoms with Crippen molar-refractivity contribution in [1.82, 2.24) is 0 Å². The zero-order valence-electron chi connectivity index (χ0n) is 13.6. The van der Waals surface area contributed by atoms with Gasteiger partial charge < -0.3 is 4.74 Å². The first kappa shape index (κ1) is 16.6. The summed E-state index contributed by atoms with van der Waals surface area (Å²) in [6, 6.07) is 8.23. The van der Waals surface area contributed by atoms with E-state index in [1.807, 2.05) is 12.1 Å². The molecule has 0 amide bonds. The number of carbonyl (C=O) groups is 1. The van der Waals surface area contributed by atoms with Crippen molar-refractivity contribution >= 4 is 16.7 Å². The fourth-order valence-electron chi connectivity index (χ4n) is 2.71. The molecule has 0 spiro atoms. The molecule has 116 valence electrons. The van der Waals surface area contributed by atoms with Crippen LogP contribution in [0.5, 0.6) is 0 Å². The van der Waals surface area contributed by atoms with Crippen molar-refractivity contribution in [3.8, 4) is 0 Å². The Balaban J connectivity index is 2.13. The van der Waals surface area contributed by atoms with E-state index in [4.69, 9.17) is 4.74 Å². The van der Waals surface area contributed by atoms with Crippen LogP contribution < -0.4 is 0 Å². The van der Waals surface area contributed by atoms with Crippen molar-refractivity contribution < 1.29 is 9.53 Å². The Bertz CT molecular complexity index is 467. The molecule has 0 saturated carbocycles. The molecule has 0 bridgehead atoms. The van der Waals surface area contributed by atoms with Gasteiger partial charge in [0.05, 0.1) is 13.2 Å². The summed E-state index contributed by atoms with van der Waals surface area (Å²) in [5.41, 5.74) is 2.28. The fourth-order valence-corrected chi connectivity index (χ4v) is 5.06. The molecule has 1 saturated heterocycles. The fraction of sp³-hybridized carbons (Fsp3) is 0.611. The molecule has 1 aliphatic heterocycles. The lowest BCUT2D eigenvalue weighted by molar-refractivity contribution is 0.0985. The molecule has 1 aromatic carbocycles. The van der Waals surface area contributed by atoms with Crippen molar-refractivity contribution in [2.45, 2.75) is 44.8 Å². The van der Waals surface area contributed by atoms with E-state index in [0.717, 1.165) is 36.7 Å². The van der Waals surface area contributed by atoms with Crippen LogP contribution in [0.25, 0.3) is 0 Å². The number of carbonyl (C=O) groups excluding carboxylic acids is 1. The van der Waals surface area contributed by atoms with Crippen LogP contribution in [-0.4, -0.2) is 35.8 Å². The summed E-state index contributed by atoms with van der Waals surface area (Å²) in [6.07, 6.45) is 0.933. The second-order valence-electron chi connectivity index (χ2n) is 6.65. The lowest BCUT2D eigenvalue weighted by Gasteiger charge is -2.22. The first-order valence-corrected chi connectivity index (χ1v) is 9.45. The molecule has 1 aliphatic rings. The SMILES string of the molecule is CCC(C(=O)c1ccc(C(C)(C)C)cc1)[S+]1CCOCC1. The number of ketones is 1. The Labute approximate surface area is 131 Å². The highest BCUT2D eigenvalue weighted by atomic mass is 32.2. The molecule has 2 rings (SSSR count). The summed E-state index contributed by atoms with van der Waals surface area (Å²) < 4.78 is 5.43. The molecule has 21 heavy (non-hydrogen) atoms. The Morgan fingerprint density at radius 3 is 2.24 bits per heavy atom. The molecular weight excluding hydrogens is 280 g/mol. The summed E-state index contributed by atoms with van der Waals surface area (Å²) in [7, 11) is 0.190. The zero-order chi connectivity index (χ0) is 15.5. The molecule has 0 radical (unpaired) electrons. The molecule has 1 unspecified atom stereocenters. The quantitative estimate of drug-likeness (QED) is 0.627. The third-order valence-corrected chi connectivity index (χ3v) is 6.81. The average molecular weight is 307 g/mol. The van der Waals surface area contributed by atoms with Gasteiger partial charge in [-0.2, -0.15) is 0 Å². The normalized spacial score (nSPS) is 18.5. The maximum absolute atomic E-state index is 12.8. The van der Waals surface area contributed by atoms with E-state index in [2.05, 4.69) is 39.8 Å². The van der Waals surface area contributed by atoms with E-state index in [9.17, 15) is 4.79 Å². The van der Waals surface area contributed by atoms with Crippen LogP contribution >= 0.6 is 0 Å². The predicted molar refractivity (Wildman–Crippen MR) is 91.5 cm³/mol. The van der Waals surface area contributed by atoms with Crippen molar-refractivity contribution in [2.75, 3.05) is 24.7 Å². The highest BCUT2D eigenvalue weighted by Gasteiger charge is 2.37. The van der Waals surface area contributed by atoms with Gasteiger partial charge in [-0.15, -0.1) is 0 Å². The van der Waals surface area contributed by atoms with Gasteiger partial charge in [-0.1, -0.05) is 52.0 Å². The molecule has 1 aromatic rings. The molecule has 0 aromatic heterocycles. The summed E-state index contributed by atoms with van der Waals surface area (Å²) in [5, 5.41) is 0.175. The highest BCUT2D eigenvalue weighted by Crippen LogP contribution is 2.24. The molecule has 0 aliphatic carbocycles. The monoisotopic (exact) mass is 307 g/mol. The Kier molecular flexibility index (Phi) is 5.50. The van der Waals surface area contributed by atoms with Crippen LogP contribution in [0.3, 0.4) is 0 Å². The molecule has 1 atom stereocenters. The van der Waals surface area contributed by atoms with E-state index >= 15 is 0 Å². The number of benzene rings is 1. The van der Waals surface area contributed by atoms with Gasteiger partial charge in [0.2, 0.25) is 5.78 Å². The lowest BCUT2D eigenvalue weighted by atomic mass is 9.86. The van der Waals surface area contributed by atoms with E-state index in [-0.39, 0.29) is 21.6 Å². The topological polar surface area (TPSA) is 26.3 Å². The van der Waals surface area contributed by atoms with Crippen LogP contribution in [0.2, 0.25) is 0 Å². The largest absolute Gasteiger partial charge is 0.372 e. The second kappa shape index (κ2) is 6.97. The van der Waals surface area contributed by atoms with Crippen molar-refractivity contribution in [2.24, 2.45) is 0 Å². The van der Waals surface area contributed by atoms with Gasteiger partial charge in [0, 0.05) is 16.5 Å². The van der Waals surface area contributed by atoms with Crippen LogP contribution in [-0.2, 0) is 21.0 Å². The van der Waals surface area contributed by atoms with Gasteiger partial charge in [-0.05, 0) is 17.4 Å². The van der Waals surface area contributed by atoms with Gasteiger partial charge in [0.25, 0.3) is 0 Å². The molecule has 3 heteroatoms. The lowest BCUT2D eigenvalue weighted by Crippen LogP contribution is -2.39. The maximum atomic E-state index is 12.8. The van der Waals surface area contributed by atoms with Crippen molar-refractivity contribution in [3.05, 3.63) is 35.4 Å². The number of hydrogen-bond donors (Lipinski definition) is 0. The second-order valence-corrected chi connectivity index (χ2v) is 9.11. The first-order chi connectivity index (χ1) is 9.93. The minimum absolute atomic E-state index is 0.133. The van der Waals surface area contributed by atoms with Crippen LogP contribution in [0.1, 0.15) is 50.0 Å². The van der Waals surface area contributed by atoms with Gasteiger partial charge in [0.1, 0.15) is 11.5 Å². The minimum atomic E-state index is 0.133. The van der Waals surface area contributed by atoms with Crippen molar-refractivity contribution in [3.63, 3.8) is 0 Å². The third-order valence-electron chi connectivity index (χ3n) is 4.08. The molecule has 1 fully saturated rings. The van der Waals surface area contributed by atoms with Crippen LogP contribution in [0.4, 0.5) is 0 Å². The summed E-state index contributed by atoms with van der Waals surface area (Å²) in [5.74, 6) is 2.41. The smallest absolute Gasteiger partial charge is 0.214 e. The predicted octanol–water partition coefficient (Wildman–Crippen LogP) is 3.59. The zero-order valence-corrected chi connectivity index (χ0v) is 14.5. The number of rotatable bonds is 4. The summed E-state index contributed by atoms with van der Waals surface area (Å²) >= 11 is 0. The minimum Gasteiger partial charge on any atom is -0.372 e. The van der Waals surface area contributed by atoms with Crippen molar-refractivity contribution in [1.29, 1.82) is 0 Å². The van der Waals surface area contributed by atoms with Gasteiger partial charge in [0.15, 0.2) is 5.25 Å². The molecule has 1 heterocycles. The molecule has 2 nitrogen and oxygen atoms in total. The van der Waals surface area contributed by atoms with E-state index in [1.165, 1.54) is 5.56 Å². The van der Waals surface area contributed by atoms with Gasteiger partial charge in [-0.25, -0.2) is 0 Å². The molecule has 0 N–H and O–H groups in total.